The first-order chi connectivity index (χ1) is 9.50. The second-order valence-electron chi connectivity index (χ2n) is 4.35. The van der Waals surface area contributed by atoms with E-state index in [2.05, 4.69) is 17.6 Å². The van der Waals surface area contributed by atoms with Gasteiger partial charge in [0, 0.05) is 6.42 Å². The van der Waals surface area contributed by atoms with Gasteiger partial charge in [-0.2, -0.15) is 12.6 Å². The van der Waals surface area contributed by atoms with Gasteiger partial charge < -0.3 is 9.11 Å². The standard InChI is InChI=1S/C10H11NO6S4.2Na/c12-20(13,14)6-10(18,21(15,16)17)5-9-11-7-3-1-2-4-8(7)19-9;;/h1-4,18H,5-6H2,(H,12,13,14)(H,15,16,17);;/q;2*+1/p-2. The Morgan fingerprint density at radius 1 is 1.13 bits per heavy atom. The van der Waals surface area contributed by atoms with E-state index in [9.17, 15) is 25.9 Å². The minimum absolute atomic E-state index is 0. The fraction of sp³-hybridized carbons (Fsp3) is 0.300. The number of fused-ring (bicyclic) bond motifs is 1. The van der Waals surface area contributed by atoms with Gasteiger partial charge in [-0.3, -0.25) is 0 Å². The quantitative estimate of drug-likeness (QED) is 0.294. The minimum Gasteiger partial charge on any atom is -0.748 e. The predicted octanol–water partition coefficient (Wildman–Crippen LogP) is -5.44. The fourth-order valence-electron chi connectivity index (χ4n) is 1.72. The minimum atomic E-state index is -5.13. The summed E-state index contributed by atoms with van der Waals surface area (Å²) in [5, 5.41) is 0.217. The second-order valence-corrected chi connectivity index (χ2v) is 9.72. The number of aromatic nitrogens is 1. The van der Waals surface area contributed by atoms with E-state index in [0.717, 1.165) is 16.0 Å². The molecule has 0 aliphatic carbocycles. The van der Waals surface area contributed by atoms with Crippen LogP contribution in [-0.4, -0.2) is 40.8 Å². The third kappa shape index (κ3) is 6.50. The Bertz CT molecular complexity index is 849. The largest absolute Gasteiger partial charge is 1.00 e. The first kappa shape index (κ1) is 24.3. The molecule has 2 aromatic rings. The van der Waals surface area contributed by atoms with Gasteiger partial charge in [0.25, 0.3) is 0 Å². The molecule has 1 unspecified atom stereocenters. The molecular formula is C10H9NNa2O6S4. The van der Waals surface area contributed by atoms with Crippen LogP contribution in [0, 0.1) is 0 Å². The summed E-state index contributed by atoms with van der Waals surface area (Å²) < 4.78 is 64.6. The van der Waals surface area contributed by atoms with Crippen molar-refractivity contribution in [3.8, 4) is 0 Å². The van der Waals surface area contributed by atoms with Crippen LogP contribution >= 0.6 is 24.0 Å². The van der Waals surface area contributed by atoms with Crippen LogP contribution in [0.2, 0.25) is 0 Å². The van der Waals surface area contributed by atoms with Gasteiger partial charge >= 0.3 is 59.1 Å². The van der Waals surface area contributed by atoms with Crippen molar-refractivity contribution >= 4 is 54.4 Å². The molecule has 0 aliphatic rings. The molecule has 1 atom stereocenters. The summed E-state index contributed by atoms with van der Waals surface area (Å²) in [4.78, 5) is 4.11. The van der Waals surface area contributed by atoms with Gasteiger partial charge in [0.05, 0.1) is 31.1 Å². The molecule has 2 rings (SSSR count). The van der Waals surface area contributed by atoms with E-state index < -0.39 is 36.5 Å². The van der Waals surface area contributed by atoms with Crippen molar-refractivity contribution in [3.05, 3.63) is 29.3 Å². The van der Waals surface area contributed by atoms with Crippen LogP contribution in [0.25, 0.3) is 10.2 Å². The van der Waals surface area contributed by atoms with Crippen molar-refractivity contribution in [2.24, 2.45) is 0 Å². The molecule has 1 heterocycles. The summed E-state index contributed by atoms with van der Waals surface area (Å²) in [6.45, 7) is 0. The molecule has 13 heteroatoms. The van der Waals surface area contributed by atoms with Gasteiger partial charge in [-0.15, -0.1) is 11.3 Å². The molecule has 0 fully saturated rings. The zero-order valence-corrected chi connectivity index (χ0v) is 19.6. The SMILES string of the molecule is O=S(=O)([O-])CC(S)(Cc1nc2ccccc2s1)S(=O)(=O)[O-].[Na+].[Na+]. The Kier molecular flexibility index (Phi) is 9.27. The number of thiazole rings is 1. The van der Waals surface area contributed by atoms with Gasteiger partial charge in [0.15, 0.2) is 0 Å². The molecular weight excluding hydrogens is 404 g/mol. The average molecular weight is 413 g/mol. The van der Waals surface area contributed by atoms with Crippen molar-refractivity contribution in [3.63, 3.8) is 0 Å². The van der Waals surface area contributed by atoms with Crippen molar-refractivity contribution in [1.29, 1.82) is 0 Å². The molecule has 0 saturated heterocycles. The van der Waals surface area contributed by atoms with E-state index in [1.807, 2.05) is 0 Å². The van der Waals surface area contributed by atoms with Crippen LogP contribution in [0.3, 0.4) is 0 Å². The Morgan fingerprint density at radius 3 is 2.17 bits per heavy atom. The number of rotatable bonds is 5. The molecule has 0 saturated carbocycles. The first-order valence-corrected chi connectivity index (χ1v) is 9.71. The average Bonchev–Trinajstić information content (AvgIpc) is 2.66. The second kappa shape index (κ2) is 8.78. The van der Waals surface area contributed by atoms with Crippen LogP contribution in [0.5, 0.6) is 0 Å². The molecule has 23 heavy (non-hydrogen) atoms. The zero-order valence-electron chi connectivity index (χ0n) is 12.3. The zero-order chi connectivity index (χ0) is 15.9. The van der Waals surface area contributed by atoms with Gasteiger partial charge in [0.2, 0.25) is 0 Å². The molecule has 116 valence electrons. The van der Waals surface area contributed by atoms with Gasteiger partial charge in [0.1, 0.15) is 14.2 Å². The molecule has 7 nitrogen and oxygen atoms in total. The maximum absolute atomic E-state index is 11.3. The van der Waals surface area contributed by atoms with Crippen molar-refractivity contribution in [1.82, 2.24) is 4.98 Å². The molecule has 0 spiro atoms. The molecule has 1 aromatic carbocycles. The monoisotopic (exact) mass is 413 g/mol. The Hall–Kier alpha value is 1.28. The molecule has 0 amide bonds. The molecule has 0 bridgehead atoms. The van der Waals surface area contributed by atoms with E-state index >= 15 is 0 Å². The summed E-state index contributed by atoms with van der Waals surface area (Å²) in [6.07, 6.45) is -0.553. The third-order valence-corrected chi connectivity index (χ3v) is 7.12. The molecule has 0 N–H and O–H groups in total. The normalized spacial score (nSPS) is 14.6. The summed E-state index contributed by atoms with van der Waals surface area (Å²) >= 11 is 4.78. The first-order valence-electron chi connectivity index (χ1n) is 5.46. The van der Waals surface area contributed by atoms with E-state index in [1.165, 1.54) is 0 Å². The van der Waals surface area contributed by atoms with Gasteiger partial charge in [-0.05, 0) is 12.1 Å². The number of hydrogen-bond acceptors (Lipinski definition) is 9. The van der Waals surface area contributed by atoms with Crippen LogP contribution in [-0.2, 0) is 26.7 Å². The smallest absolute Gasteiger partial charge is 0.748 e. The van der Waals surface area contributed by atoms with E-state index in [4.69, 9.17) is 0 Å². The number of hydrogen-bond donors (Lipinski definition) is 1. The predicted molar refractivity (Wildman–Crippen MR) is 79.3 cm³/mol. The third-order valence-electron chi connectivity index (χ3n) is 2.63. The molecule has 0 radical (unpaired) electrons. The number of para-hydroxylation sites is 1. The molecule has 0 aliphatic heterocycles. The van der Waals surface area contributed by atoms with Crippen molar-refractivity contribution in [2.45, 2.75) is 10.5 Å². The number of nitrogens with zero attached hydrogens (tertiary/aromatic N) is 1. The molecule has 1 aromatic heterocycles. The maximum Gasteiger partial charge on any atom is 1.00 e. The Balaban J connectivity index is 0.00000242. The van der Waals surface area contributed by atoms with Gasteiger partial charge in [-0.25, -0.2) is 21.8 Å². The van der Waals surface area contributed by atoms with E-state index in [1.54, 1.807) is 24.3 Å². The van der Waals surface area contributed by atoms with Crippen molar-refractivity contribution < 1.29 is 85.1 Å². The van der Waals surface area contributed by atoms with Crippen LogP contribution in [0.15, 0.2) is 24.3 Å². The van der Waals surface area contributed by atoms with Crippen LogP contribution in [0.1, 0.15) is 5.01 Å². The van der Waals surface area contributed by atoms with E-state index in [-0.39, 0.29) is 64.1 Å². The number of thiol groups is 1. The van der Waals surface area contributed by atoms with Crippen molar-refractivity contribution in [2.75, 3.05) is 5.75 Å². The summed E-state index contributed by atoms with van der Waals surface area (Å²) in [7, 11) is -10.1. The fourth-order valence-corrected chi connectivity index (χ4v) is 5.60. The van der Waals surface area contributed by atoms with Crippen LogP contribution in [0.4, 0.5) is 0 Å². The Labute approximate surface area is 187 Å². The number of benzene rings is 1. The summed E-state index contributed by atoms with van der Waals surface area (Å²) in [5.41, 5.74) is 0.585. The summed E-state index contributed by atoms with van der Waals surface area (Å²) in [6, 6.07) is 6.91. The van der Waals surface area contributed by atoms with Gasteiger partial charge in [-0.1, -0.05) is 12.1 Å². The Morgan fingerprint density at radius 2 is 1.70 bits per heavy atom. The topological polar surface area (TPSA) is 127 Å². The maximum atomic E-state index is 11.3. The van der Waals surface area contributed by atoms with Crippen LogP contribution < -0.4 is 59.1 Å². The summed E-state index contributed by atoms with van der Waals surface area (Å²) in [5.74, 6) is -1.41. The van der Waals surface area contributed by atoms with E-state index in [0.29, 0.717) is 5.52 Å².